The number of esters is 4. The van der Waals surface area contributed by atoms with Crippen molar-refractivity contribution in [3.63, 3.8) is 0 Å². The molecule has 0 aliphatic heterocycles. The molecule has 3 rings (SSSR count). The summed E-state index contributed by atoms with van der Waals surface area (Å²) in [6, 6.07) is 16.1. The van der Waals surface area contributed by atoms with E-state index in [0.717, 1.165) is 6.08 Å². The summed E-state index contributed by atoms with van der Waals surface area (Å²) in [7, 11) is 1.45. The van der Waals surface area contributed by atoms with Gasteiger partial charge in [0.15, 0.2) is 23.0 Å². The summed E-state index contributed by atoms with van der Waals surface area (Å²) in [6.45, 7) is 14.6. The molecule has 0 radical (unpaired) electrons. The van der Waals surface area contributed by atoms with Crippen LogP contribution in [-0.2, 0) is 28.6 Å². The molecule has 0 bridgehead atoms. The Hall–Kier alpha value is -6.44. The maximum Gasteiger partial charge on any atom is 0.343 e. The first-order valence-electron chi connectivity index (χ1n) is 17.2. The number of methoxy groups -OCH3 is 1. The second-order valence-electron chi connectivity index (χ2n) is 11.6. The molecule has 0 aliphatic carbocycles. The number of hydrogen-bond donors (Lipinski definition) is 0. The van der Waals surface area contributed by atoms with E-state index in [4.69, 9.17) is 47.4 Å². The predicted molar refractivity (Wildman–Crippen MR) is 200 cm³/mol. The van der Waals surface area contributed by atoms with Crippen LogP contribution in [0.2, 0.25) is 0 Å². The summed E-state index contributed by atoms with van der Waals surface area (Å²) >= 11 is 0. The summed E-state index contributed by atoms with van der Waals surface area (Å²) in [6.07, 6.45) is 2.40. The number of hydrogen-bond acceptors (Lipinski definition) is 14. The zero-order valence-corrected chi connectivity index (χ0v) is 31.3. The van der Waals surface area contributed by atoms with Crippen molar-refractivity contribution in [2.24, 2.45) is 0 Å². The van der Waals surface area contributed by atoms with Crippen molar-refractivity contribution >= 4 is 23.9 Å². The molecule has 0 aliphatic rings. The minimum absolute atomic E-state index is 0.105. The van der Waals surface area contributed by atoms with Crippen LogP contribution >= 0.6 is 0 Å². The van der Waals surface area contributed by atoms with Crippen LogP contribution in [0.4, 0.5) is 0 Å². The fourth-order valence-corrected chi connectivity index (χ4v) is 4.20. The molecular weight excluding hydrogens is 716 g/mol. The van der Waals surface area contributed by atoms with Crippen molar-refractivity contribution in [3.05, 3.63) is 103 Å². The quantitative estimate of drug-likeness (QED) is 0.0227. The number of ether oxygens (including phenoxy) is 10. The summed E-state index contributed by atoms with van der Waals surface area (Å²) in [5.41, 5.74) is 0.757. The molecule has 0 atom stereocenters. The Balaban J connectivity index is 1.56. The summed E-state index contributed by atoms with van der Waals surface area (Å²) in [5.74, 6) is 0.450. The minimum Gasteiger partial charge on any atom is -0.493 e. The molecule has 55 heavy (non-hydrogen) atoms. The van der Waals surface area contributed by atoms with Crippen LogP contribution in [0.1, 0.15) is 43.5 Å². The first kappa shape index (κ1) is 43.0. The summed E-state index contributed by atoms with van der Waals surface area (Å²) in [4.78, 5) is 47.6. The van der Waals surface area contributed by atoms with Crippen LogP contribution in [0.3, 0.4) is 0 Å². The van der Waals surface area contributed by atoms with Crippen molar-refractivity contribution in [3.8, 4) is 40.2 Å². The van der Waals surface area contributed by atoms with Crippen LogP contribution in [-0.4, -0.2) is 77.4 Å². The van der Waals surface area contributed by atoms with E-state index in [1.807, 2.05) is 0 Å². The summed E-state index contributed by atoms with van der Waals surface area (Å²) < 4.78 is 55.0. The Bertz CT molecular complexity index is 1780. The largest absolute Gasteiger partial charge is 0.493 e. The minimum atomic E-state index is -0.680. The molecule has 0 aromatic heterocycles. The van der Waals surface area contributed by atoms with Gasteiger partial charge in [0.05, 0.1) is 52.3 Å². The van der Waals surface area contributed by atoms with Gasteiger partial charge in [0.1, 0.15) is 17.2 Å². The van der Waals surface area contributed by atoms with E-state index in [1.165, 1.54) is 25.3 Å². The van der Waals surface area contributed by atoms with Crippen molar-refractivity contribution in [1.82, 2.24) is 0 Å². The second kappa shape index (κ2) is 23.3. The van der Waals surface area contributed by atoms with E-state index in [-0.39, 0.29) is 62.5 Å². The second-order valence-corrected chi connectivity index (χ2v) is 11.6. The van der Waals surface area contributed by atoms with Gasteiger partial charge in [-0.2, -0.15) is 0 Å². The average molecular weight is 763 g/mol. The zero-order valence-electron chi connectivity index (χ0n) is 31.3. The van der Waals surface area contributed by atoms with Crippen molar-refractivity contribution in [2.75, 3.05) is 53.5 Å². The number of carbonyl (C=O) groups excluding carboxylic acids is 4. The third kappa shape index (κ3) is 15.6. The lowest BCUT2D eigenvalue weighted by Crippen LogP contribution is -2.12. The molecule has 14 heteroatoms. The Morgan fingerprint density at radius 3 is 1.65 bits per heavy atom. The Morgan fingerprint density at radius 1 is 0.564 bits per heavy atom. The molecule has 3 aromatic carbocycles. The third-order valence-electron chi connectivity index (χ3n) is 7.01. The lowest BCUT2D eigenvalue weighted by molar-refractivity contribution is -0.140. The monoisotopic (exact) mass is 762 g/mol. The van der Waals surface area contributed by atoms with Crippen LogP contribution < -0.4 is 33.2 Å². The van der Waals surface area contributed by atoms with Crippen LogP contribution in [0.25, 0.3) is 0 Å². The fraction of sp³-hybridized carbons (Fsp3) is 0.317. The standard InChI is InChI=1S/C41H46O14/c1-7-38(42)50-22-8-19-47-31-12-14-32(15-13-31)53-27-54-34-18-16-33(26-36(34)46-6)55-41(45)30-11-17-35(48-20-9-23-51-39(43)28(2)3)37(25-30)49-21-10-24-52-40(44)29(4)5/h7,11-18,25-26H,1-2,4,8-10,19-24,27H2,3,5-6H3. The molecule has 0 saturated heterocycles. The van der Waals surface area contributed by atoms with Crippen molar-refractivity contribution in [2.45, 2.75) is 33.1 Å². The fourth-order valence-electron chi connectivity index (χ4n) is 4.20. The maximum atomic E-state index is 13.2. The molecule has 3 aromatic rings. The van der Waals surface area contributed by atoms with Crippen LogP contribution in [0.15, 0.2) is 97.6 Å². The SMILES string of the molecule is C=CC(=O)OCCCOc1ccc(OCOc2ccc(OC(=O)c3ccc(OCCCOC(=O)C(=C)C)c(OCCCOC(=O)C(=C)C)c3)cc2OC)cc1. The highest BCUT2D eigenvalue weighted by Crippen LogP contribution is 2.33. The molecule has 0 heterocycles. The van der Waals surface area contributed by atoms with Crippen molar-refractivity contribution < 1.29 is 66.5 Å². The highest BCUT2D eigenvalue weighted by Gasteiger charge is 2.16. The molecule has 0 spiro atoms. The molecule has 294 valence electrons. The smallest absolute Gasteiger partial charge is 0.343 e. The molecule has 0 amide bonds. The van der Waals surface area contributed by atoms with E-state index in [2.05, 4.69) is 19.7 Å². The van der Waals surface area contributed by atoms with E-state index >= 15 is 0 Å². The number of carbonyl (C=O) groups is 4. The zero-order chi connectivity index (χ0) is 40.0. The van der Waals surface area contributed by atoms with E-state index in [9.17, 15) is 19.2 Å². The lowest BCUT2D eigenvalue weighted by atomic mass is 10.2. The van der Waals surface area contributed by atoms with Crippen LogP contribution in [0.5, 0.6) is 40.2 Å². The molecule has 14 nitrogen and oxygen atoms in total. The van der Waals surface area contributed by atoms with E-state index < -0.39 is 23.9 Å². The Labute approximate surface area is 320 Å². The van der Waals surface area contributed by atoms with E-state index in [0.29, 0.717) is 60.2 Å². The van der Waals surface area contributed by atoms with Gasteiger partial charge < -0.3 is 47.4 Å². The first-order valence-corrected chi connectivity index (χ1v) is 17.2. The highest BCUT2D eigenvalue weighted by atomic mass is 16.7. The van der Waals surface area contributed by atoms with Crippen LogP contribution in [0, 0.1) is 0 Å². The summed E-state index contributed by atoms with van der Waals surface area (Å²) in [5, 5.41) is 0. The van der Waals surface area contributed by atoms with Gasteiger partial charge in [-0.25, -0.2) is 19.2 Å². The van der Waals surface area contributed by atoms with Gasteiger partial charge in [0, 0.05) is 42.6 Å². The lowest BCUT2D eigenvalue weighted by Gasteiger charge is -2.15. The molecule has 0 unspecified atom stereocenters. The Morgan fingerprint density at radius 2 is 1.07 bits per heavy atom. The normalized spacial score (nSPS) is 10.2. The van der Waals surface area contributed by atoms with Gasteiger partial charge in [0.25, 0.3) is 0 Å². The van der Waals surface area contributed by atoms with Gasteiger partial charge in [0.2, 0.25) is 6.79 Å². The van der Waals surface area contributed by atoms with E-state index in [1.54, 1.807) is 56.3 Å². The van der Waals surface area contributed by atoms with Gasteiger partial charge in [-0.3, -0.25) is 0 Å². The molecule has 0 saturated carbocycles. The average Bonchev–Trinajstić information content (AvgIpc) is 3.18. The topological polar surface area (TPSA) is 161 Å². The predicted octanol–water partition coefficient (Wildman–Crippen LogP) is 6.60. The van der Waals surface area contributed by atoms with Gasteiger partial charge >= 0.3 is 23.9 Å². The highest BCUT2D eigenvalue weighted by molar-refractivity contribution is 5.92. The first-order chi connectivity index (χ1) is 26.5. The van der Waals surface area contributed by atoms with Gasteiger partial charge in [-0.15, -0.1) is 0 Å². The van der Waals surface area contributed by atoms with Gasteiger partial charge in [-0.05, 0) is 68.4 Å². The molecule has 0 fully saturated rings. The molecular formula is C41H46O14. The van der Waals surface area contributed by atoms with Crippen molar-refractivity contribution in [1.29, 1.82) is 0 Å². The maximum absolute atomic E-state index is 13.2. The Kier molecular flexibility index (Phi) is 18.2. The molecule has 0 N–H and O–H groups in total. The number of rotatable bonds is 25. The number of benzene rings is 3. The third-order valence-corrected chi connectivity index (χ3v) is 7.01. The van der Waals surface area contributed by atoms with Gasteiger partial charge in [-0.1, -0.05) is 19.7 Å².